The SMILES string of the molecule is CCn1c(SCC(=O)Nc2ccc(Br)cc2C(C)C)nnc1C(NC(=O)c1ccc(C)cc1)C(C)C. The molecule has 0 fully saturated rings. The van der Waals surface area contributed by atoms with E-state index >= 15 is 0 Å². The molecule has 2 amide bonds. The van der Waals surface area contributed by atoms with Gasteiger partial charge in [-0.2, -0.15) is 0 Å². The van der Waals surface area contributed by atoms with Crippen molar-refractivity contribution in [3.8, 4) is 0 Å². The Morgan fingerprint density at radius 1 is 1.06 bits per heavy atom. The minimum absolute atomic E-state index is 0.0990. The lowest BCUT2D eigenvalue weighted by Crippen LogP contribution is -2.33. The van der Waals surface area contributed by atoms with Crippen LogP contribution in [-0.2, 0) is 11.3 Å². The van der Waals surface area contributed by atoms with Gasteiger partial charge in [-0.25, -0.2) is 0 Å². The number of halogens is 1. The summed E-state index contributed by atoms with van der Waals surface area (Å²) < 4.78 is 2.95. The Labute approximate surface area is 226 Å². The molecule has 0 aliphatic rings. The first kappa shape index (κ1) is 27.9. The molecule has 1 aromatic heterocycles. The van der Waals surface area contributed by atoms with Crippen LogP contribution < -0.4 is 10.6 Å². The molecule has 9 heteroatoms. The number of rotatable bonds is 10. The monoisotopic (exact) mass is 571 g/mol. The van der Waals surface area contributed by atoms with Crippen LogP contribution in [0.15, 0.2) is 52.1 Å². The van der Waals surface area contributed by atoms with E-state index < -0.39 is 0 Å². The third kappa shape index (κ3) is 6.97. The van der Waals surface area contributed by atoms with E-state index in [4.69, 9.17) is 0 Å². The molecule has 3 aromatic rings. The summed E-state index contributed by atoms with van der Waals surface area (Å²) >= 11 is 4.84. The summed E-state index contributed by atoms with van der Waals surface area (Å²) in [6.07, 6.45) is 0. The predicted octanol–water partition coefficient (Wildman–Crippen LogP) is 6.35. The van der Waals surface area contributed by atoms with Crippen molar-refractivity contribution in [3.63, 3.8) is 0 Å². The topological polar surface area (TPSA) is 88.9 Å². The number of anilines is 1. The molecule has 0 aliphatic heterocycles. The van der Waals surface area contributed by atoms with Gasteiger partial charge in [0.05, 0.1) is 11.8 Å². The molecule has 0 aliphatic carbocycles. The lowest BCUT2D eigenvalue weighted by atomic mass is 10.0. The van der Waals surface area contributed by atoms with Gasteiger partial charge in [0.15, 0.2) is 11.0 Å². The van der Waals surface area contributed by atoms with E-state index in [1.54, 1.807) is 0 Å². The van der Waals surface area contributed by atoms with Crippen LogP contribution >= 0.6 is 27.7 Å². The second kappa shape index (κ2) is 12.5. The number of benzene rings is 2. The average molecular weight is 573 g/mol. The third-order valence-corrected chi connectivity index (χ3v) is 7.31. The van der Waals surface area contributed by atoms with Crippen molar-refractivity contribution < 1.29 is 9.59 Å². The lowest BCUT2D eigenvalue weighted by molar-refractivity contribution is -0.113. The van der Waals surface area contributed by atoms with Crippen molar-refractivity contribution >= 4 is 45.2 Å². The number of hydrogen-bond donors (Lipinski definition) is 2. The fraction of sp³-hybridized carbons (Fsp3) is 0.407. The highest BCUT2D eigenvalue weighted by atomic mass is 79.9. The van der Waals surface area contributed by atoms with Crippen molar-refractivity contribution in [2.75, 3.05) is 11.1 Å². The Bertz CT molecular complexity index is 1210. The van der Waals surface area contributed by atoms with E-state index in [9.17, 15) is 9.59 Å². The van der Waals surface area contributed by atoms with Gasteiger partial charge >= 0.3 is 0 Å². The lowest BCUT2D eigenvalue weighted by Gasteiger charge is -2.22. The van der Waals surface area contributed by atoms with Gasteiger partial charge in [0.2, 0.25) is 5.91 Å². The molecule has 1 atom stereocenters. The van der Waals surface area contributed by atoms with Crippen LogP contribution in [0.5, 0.6) is 0 Å². The highest BCUT2D eigenvalue weighted by Crippen LogP contribution is 2.29. The largest absolute Gasteiger partial charge is 0.342 e. The minimum atomic E-state index is -0.314. The molecular weight excluding hydrogens is 538 g/mol. The molecule has 0 spiro atoms. The van der Waals surface area contributed by atoms with Gasteiger partial charge in [0.1, 0.15) is 0 Å². The first-order chi connectivity index (χ1) is 17.1. The van der Waals surface area contributed by atoms with Crippen LogP contribution in [-0.4, -0.2) is 32.3 Å². The number of carbonyl (C=O) groups is 2. The number of aryl methyl sites for hydroxylation is 1. The molecule has 0 saturated carbocycles. The molecular formula is C27H34BrN5O2S. The van der Waals surface area contributed by atoms with Gasteiger partial charge in [-0.05, 0) is 61.6 Å². The van der Waals surface area contributed by atoms with Gasteiger partial charge in [-0.3, -0.25) is 9.59 Å². The molecule has 0 saturated heterocycles. The van der Waals surface area contributed by atoms with Gasteiger partial charge in [-0.15, -0.1) is 10.2 Å². The first-order valence-corrected chi connectivity index (χ1v) is 13.9. The summed E-state index contributed by atoms with van der Waals surface area (Å²) in [6, 6.07) is 13.0. The van der Waals surface area contributed by atoms with Crippen LogP contribution in [0.3, 0.4) is 0 Å². The van der Waals surface area contributed by atoms with Crippen LogP contribution in [0.4, 0.5) is 5.69 Å². The van der Waals surface area contributed by atoms with Crippen LogP contribution in [0.2, 0.25) is 0 Å². The number of carbonyl (C=O) groups excluding carboxylic acids is 2. The maximum atomic E-state index is 12.9. The quantitative estimate of drug-likeness (QED) is 0.277. The standard InChI is InChI=1S/C27H34BrN5O2S/c1-7-33-25(24(17(4)5)30-26(35)19-10-8-18(6)9-11-19)31-32-27(33)36-15-23(34)29-22-13-12-20(28)14-21(22)16(2)3/h8-14,16-17,24H,7,15H2,1-6H3,(H,29,34)(H,30,35). The fourth-order valence-corrected chi connectivity index (χ4v) is 5.02. The van der Waals surface area contributed by atoms with Crippen molar-refractivity contribution in [2.45, 2.75) is 65.2 Å². The zero-order valence-corrected chi connectivity index (χ0v) is 24.0. The van der Waals surface area contributed by atoms with Crippen LogP contribution in [0, 0.1) is 12.8 Å². The average Bonchev–Trinajstić information content (AvgIpc) is 3.24. The van der Waals surface area contributed by atoms with Gasteiger partial charge in [0.25, 0.3) is 5.91 Å². The van der Waals surface area contributed by atoms with E-state index in [0.717, 1.165) is 21.3 Å². The molecule has 7 nitrogen and oxygen atoms in total. The van der Waals surface area contributed by atoms with Gasteiger partial charge < -0.3 is 15.2 Å². The highest BCUT2D eigenvalue weighted by molar-refractivity contribution is 9.10. The zero-order valence-electron chi connectivity index (χ0n) is 21.6. The summed E-state index contributed by atoms with van der Waals surface area (Å²) in [5.74, 6) is 1.01. The maximum Gasteiger partial charge on any atom is 0.251 e. The molecule has 0 bridgehead atoms. The Balaban J connectivity index is 1.72. The maximum absolute atomic E-state index is 12.9. The summed E-state index contributed by atoms with van der Waals surface area (Å²) in [7, 11) is 0. The molecule has 3 rings (SSSR count). The number of hydrogen-bond acceptors (Lipinski definition) is 5. The van der Waals surface area contributed by atoms with Crippen LogP contribution in [0.25, 0.3) is 0 Å². The molecule has 2 aromatic carbocycles. The zero-order chi connectivity index (χ0) is 26.4. The summed E-state index contributed by atoms with van der Waals surface area (Å²) in [5.41, 5.74) is 3.60. The second-order valence-electron chi connectivity index (χ2n) is 9.37. The predicted molar refractivity (Wildman–Crippen MR) is 150 cm³/mol. The summed E-state index contributed by atoms with van der Waals surface area (Å²) in [6.45, 7) is 12.9. The number of nitrogens with one attached hydrogen (secondary N) is 2. The van der Waals surface area contributed by atoms with Crippen LogP contribution in [0.1, 0.15) is 73.9 Å². The Morgan fingerprint density at radius 2 is 1.75 bits per heavy atom. The fourth-order valence-electron chi connectivity index (χ4n) is 3.83. The Morgan fingerprint density at radius 3 is 2.36 bits per heavy atom. The van der Waals surface area contributed by atoms with E-state index in [0.29, 0.717) is 23.1 Å². The van der Waals surface area contributed by atoms with E-state index in [1.807, 2.05) is 74.7 Å². The van der Waals surface area contributed by atoms with E-state index in [1.165, 1.54) is 11.8 Å². The van der Waals surface area contributed by atoms with Crippen molar-refractivity contribution in [2.24, 2.45) is 5.92 Å². The number of aromatic nitrogens is 3. The van der Waals surface area contributed by atoms with Crippen molar-refractivity contribution in [1.82, 2.24) is 20.1 Å². The summed E-state index contributed by atoms with van der Waals surface area (Å²) in [5, 5.41) is 15.6. The molecule has 0 radical (unpaired) electrons. The van der Waals surface area contributed by atoms with Crippen molar-refractivity contribution in [3.05, 3.63) is 69.5 Å². The molecule has 1 heterocycles. The first-order valence-electron chi connectivity index (χ1n) is 12.1. The number of thioether (sulfide) groups is 1. The van der Waals surface area contributed by atoms with Crippen molar-refractivity contribution in [1.29, 1.82) is 0 Å². The molecule has 2 N–H and O–H groups in total. The number of amides is 2. The smallest absolute Gasteiger partial charge is 0.251 e. The highest BCUT2D eigenvalue weighted by Gasteiger charge is 2.26. The van der Waals surface area contributed by atoms with E-state index in [-0.39, 0.29) is 35.4 Å². The minimum Gasteiger partial charge on any atom is -0.342 e. The third-order valence-electron chi connectivity index (χ3n) is 5.85. The number of nitrogens with zero attached hydrogens (tertiary/aromatic N) is 3. The van der Waals surface area contributed by atoms with Gasteiger partial charge in [0, 0.05) is 22.3 Å². The van der Waals surface area contributed by atoms with Gasteiger partial charge in [-0.1, -0.05) is 73.1 Å². The second-order valence-corrected chi connectivity index (χ2v) is 11.2. The Hall–Kier alpha value is -2.65. The molecule has 1 unspecified atom stereocenters. The Kier molecular flexibility index (Phi) is 9.73. The van der Waals surface area contributed by atoms with E-state index in [2.05, 4.69) is 50.6 Å². The molecule has 36 heavy (non-hydrogen) atoms. The normalized spacial score (nSPS) is 12.1. The molecule has 192 valence electrons. The summed E-state index contributed by atoms with van der Waals surface area (Å²) in [4.78, 5) is 25.7.